The van der Waals surface area contributed by atoms with Gasteiger partial charge in [0.05, 0.1) is 24.7 Å². The van der Waals surface area contributed by atoms with E-state index in [1.165, 1.54) is 12.1 Å². The third kappa shape index (κ3) is 6.45. The van der Waals surface area contributed by atoms with Crippen molar-refractivity contribution in [2.24, 2.45) is 0 Å². The topological polar surface area (TPSA) is 42.3 Å². The summed E-state index contributed by atoms with van der Waals surface area (Å²) in [5, 5.41) is 3.03. The van der Waals surface area contributed by atoms with Gasteiger partial charge < -0.3 is 19.5 Å². The van der Waals surface area contributed by atoms with Crippen molar-refractivity contribution in [1.82, 2.24) is 14.5 Å². The number of nitrogens with one attached hydrogen (secondary N) is 1. The molecule has 2 aromatic carbocycles. The minimum atomic E-state index is -4.47. The average Bonchev–Trinajstić information content (AvgIpc) is 3.26. The molecule has 0 saturated heterocycles. The first-order valence-corrected chi connectivity index (χ1v) is 10.1. The Morgan fingerprint density at radius 3 is 2.55 bits per heavy atom. The first-order chi connectivity index (χ1) is 14.9. The molecule has 0 spiro atoms. The molecular weight excluding hydrogens is 425 g/mol. The number of methoxy groups -OCH3 is 1. The zero-order chi connectivity index (χ0) is 22.3. The second kappa shape index (κ2) is 10.3. The van der Waals surface area contributed by atoms with Gasteiger partial charge in [0.15, 0.2) is 5.11 Å². The van der Waals surface area contributed by atoms with Gasteiger partial charge in [0.1, 0.15) is 5.75 Å². The van der Waals surface area contributed by atoms with Gasteiger partial charge >= 0.3 is 6.18 Å². The van der Waals surface area contributed by atoms with Crippen LogP contribution in [0.3, 0.4) is 0 Å². The van der Waals surface area contributed by atoms with Crippen LogP contribution in [0.4, 0.5) is 18.9 Å². The SMILES string of the molecule is COc1ccc(CN(CCCn2ccnc2)C(=S)Nc2ccccc2C(F)(F)F)cc1. The van der Waals surface area contributed by atoms with Gasteiger partial charge in [0, 0.05) is 32.0 Å². The summed E-state index contributed by atoms with van der Waals surface area (Å²) in [4.78, 5) is 5.88. The van der Waals surface area contributed by atoms with Gasteiger partial charge in [-0.2, -0.15) is 13.2 Å². The summed E-state index contributed by atoms with van der Waals surface area (Å²) in [6.45, 7) is 1.74. The van der Waals surface area contributed by atoms with E-state index in [4.69, 9.17) is 17.0 Å². The number of ether oxygens (including phenoxy) is 1. The number of halogens is 3. The summed E-state index contributed by atoms with van der Waals surface area (Å²) in [6.07, 6.45) is 1.57. The fourth-order valence-electron chi connectivity index (χ4n) is 3.10. The molecule has 1 N–H and O–H groups in total. The number of hydrogen-bond acceptors (Lipinski definition) is 3. The minimum Gasteiger partial charge on any atom is -0.497 e. The second-order valence-electron chi connectivity index (χ2n) is 6.90. The van der Waals surface area contributed by atoms with Crippen LogP contribution in [0.25, 0.3) is 0 Å². The lowest BCUT2D eigenvalue weighted by atomic mass is 10.1. The third-order valence-electron chi connectivity index (χ3n) is 4.70. The number of nitrogens with zero attached hydrogens (tertiary/aromatic N) is 3. The second-order valence-corrected chi connectivity index (χ2v) is 7.28. The zero-order valence-electron chi connectivity index (χ0n) is 17.0. The lowest BCUT2D eigenvalue weighted by molar-refractivity contribution is -0.136. The number of benzene rings is 2. The Morgan fingerprint density at radius 2 is 1.90 bits per heavy atom. The van der Waals surface area contributed by atoms with Crippen molar-refractivity contribution >= 4 is 23.0 Å². The van der Waals surface area contributed by atoms with Crippen LogP contribution in [-0.4, -0.2) is 33.2 Å². The van der Waals surface area contributed by atoms with Gasteiger partial charge in [-0.15, -0.1) is 0 Å². The number of aryl methyl sites for hydroxylation is 1. The highest BCUT2D eigenvalue weighted by Gasteiger charge is 2.33. The molecular formula is C22H23F3N4OS. The molecule has 3 rings (SSSR count). The van der Waals surface area contributed by atoms with Crippen molar-refractivity contribution in [1.29, 1.82) is 0 Å². The number of anilines is 1. The van der Waals surface area contributed by atoms with E-state index in [0.29, 0.717) is 13.1 Å². The Labute approximate surface area is 184 Å². The van der Waals surface area contributed by atoms with Gasteiger partial charge in [0.25, 0.3) is 0 Å². The highest BCUT2D eigenvalue weighted by atomic mass is 32.1. The van der Waals surface area contributed by atoms with Crippen LogP contribution in [0.1, 0.15) is 17.5 Å². The highest BCUT2D eigenvalue weighted by molar-refractivity contribution is 7.80. The van der Waals surface area contributed by atoms with Gasteiger partial charge in [-0.25, -0.2) is 4.98 Å². The smallest absolute Gasteiger partial charge is 0.418 e. The van der Waals surface area contributed by atoms with Crippen molar-refractivity contribution < 1.29 is 17.9 Å². The molecule has 0 bridgehead atoms. The standard InChI is InChI=1S/C22H23F3N4OS/c1-30-18-9-7-17(8-10-18)15-29(13-4-12-28-14-11-26-16-28)21(31)27-20-6-3-2-5-19(20)22(23,24)25/h2-3,5-11,14,16H,4,12-13,15H2,1H3,(H,27,31). The lowest BCUT2D eigenvalue weighted by Gasteiger charge is -2.27. The highest BCUT2D eigenvalue weighted by Crippen LogP contribution is 2.34. The summed E-state index contributed by atoms with van der Waals surface area (Å²) >= 11 is 5.50. The number of thiocarbonyl (C=S) groups is 1. The third-order valence-corrected chi connectivity index (χ3v) is 5.06. The molecule has 1 heterocycles. The van der Waals surface area contributed by atoms with Gasteiger partial charge in [0.2, 0.25) is 0 Å². The summed E-state index contributed by atoms with van der Waals surface area (Å²) in [5.74, 6) is 0.732. The summed E-state index contributed by atoms with van der Waals surface area (Å²) in [5.41, 5.74) is 0.159. The Kier molecular flexibility index (Phi) is 7.51. The Hall–Kier alpha value is -3.07. The normalized spacial score (nSPS) is 11.2. The van der Waals surface area contributed by atoms with Crippen LogP contribution in [0, 0.1) is 0 Å². The van der Waals surface area contributed by atoms with Crippen LogP contribution in [0.5, 0.6) is 5.75 Å². The number of aromatic nitrogens is 2. The number of para-hydroxylation sites is 1. The van der Waals surface area contributed by atoms with E-state index in [9.17, 15) is 13.2 Å². The molecule has 5 nitrogen and oxygen atoms in total. The van der Waals surface area contributed by atoms with Crippen LogP contribution in [0.2, 0.25) is 0 Å². The molecule has 3 aromatic rings. The maximum absolute atomic E-state index is 13.4. The van der Waals surface area contributed by atoms with Crippen LogP contribution in [-0.2, 0) is 19.3 Å². The molecule has 0 amide bonds. The number of imidazole rings is 1. The number of rotatable bonds is 8. The molecule has 0 atom stereocenters. The van der Waals surface area contributed by atoms with E-state index in [2.05, 4.69) is 10.3 Å². The molecule has 0 fully saturated rings. The van der Waals surface area contributed by atoms with Crippen molar-refractivity contribution in [2.45, 2.75) is 25.7 Å². The molecule has 164 valence electrons. The number of hydrogen-bond donors (Lipinski definition) is 1. The monoisotopic (exact) mass is 448 g/mol. The Bertz CT molecular complexity index is 975. The maximum atomic E-state index is 13.4. The molecule has 0 unspecified atom stereocenters. The van der Waals surface area contributed by atoms with Gasteiger partial charge in [-0.1, -0.05) is 24.3 Å². The Morgan fingerprint density at radius 1 is 1.16 bits per heavy atom. The van der Waals surface area contributed by atoms with E-state index in [1.54, 1.807) is 25.7 Å². The van der Waals surface area contributed by atoms with E-state index >= 15 is 0 Å². The van der Waals surface area contributed by atoms with Gasteiger partial charge in [-0.3, -0.25) is 0 Å². The minimum absolute atomic E-state index is 0.0608. The van der Waals surface area contributed by atoms with Crippen LogP contribution >= 0.6 is 12.2 Å². The van der Waals surface area contributed by atoms with Gasteiger partial charge in [-0.05, 0) is 48.5 Å². The molecule has 1 aromatic heterocycles. The Balaban J connectivity index is 1.74. The maximum Gasteiger partial charge on any atom is 0.418 e. The molecule has 0 aliphatic rings. The molecule has 9 heteroatoms. The molecule has 31 heavy (non-hydrogen) atoms. The van der Waals surface area contributed by atoms with E-state index in [-0.39, 0.29) is 10.8 Å². The zero-order valence-corrected chi connectivity index (χ0v) is 17.8. The molecule has 0 aliphatic carbocycles. The summed E-state index contributed by atoms with van der Waals surface area (Å²) in [7, 11) is 1.59. The van der Waals surface area contributed by atoms with E-state index < -0.39 is 11.7 Å². The molecule has 0 aliphatic heterocycles. The largest absolute Gasteiger partial charge is 0.497 e. The van der Waals surface area contributed by atoms with E-state index in [1.807, 2.05) is 39.9 Å². The summed E-state index contributed by atoms with van der Waals surface area (Å²) in [6, 6.07) is 12.8. The fourth-order valence-corrected chi connectivity index (χ4v) is 3.37. The van der Waals surface area contributed by atoms with Crippen molar-refractivity contribution in [3.05, 3.63) is 78.4 Å². The first-order valence-electron chi connectivity index (χ1n) is 9.67. The van der Waals surface area contributed by atoms with Crippen molar-refractivity contribution in [2.75, 3.05) is 19.0 Å². The quantitative estimate of drug-likeness (QED) is 0.480. The summed E-state index contributed by atoms with van der Waals surface area (Å²) < 4.78 is 47.2. The molecule has 0 saturated carbocycles. The van der Waals surface area contributed by atoms with E-state index in [0.717, 1.165) is 30.3 Å². The number of alkyl halides is 3. The first kappa shape index (κ1) is 22.6. The van der Waals surface area contributed by atoms with Crippen LogP contribution < -0.4 is 10.1 Å². The molecule has 0 radical (unpaired) electrons. The fraction of sp³-hybridized carbons (Fsp3) is 0.273. The van der Waals surface area contributed by atoms with Crippen LogP contribution in [0.15, 0.2) is 67.3 Å². The van der Waals surface area contributed by atoms with Crippen molar-refractivity contribution in [3.63, 3.8) is 0 Å². The average molecular weight is 449 g/mol. The predicted molar refractivity (Wildman–Crippen MR) is 118 cm³/mol. The lowest BCUT2D eigenvalue weighted by Crippen LogP contribution is -2.36. The predicted octanol–water partition coefficient (Wildman–Crippen LogP) is 5.20. The van der Waals surface area contributed by atoms with Crippen molar-refractivity contribution in [3.8, 4) is 5.75 Å².